The van der Waals surface area contributed by atoms with Crippen molar-refractivity contribution < 1.29 is 14.7 Å². The van der Waals surface area contributed by atoms with Crippen molar-refractivity contribution in [3.8, 4) is 0 Å². The predicted octanol–water partition coefficient (Wildman–Crippen LogP) is 1.43. The fourth-order valence-corrected chi connectivity index (χ4v) is 4.70. The van der Waals surface area contributed by atoms with E-state index in [4.69, 9.17) is 5.73 Å². The van der Waals surface area contributed by atoms with Crippen molar-refractivity contribution in [2.24, 2.45) is 23.5 Å². The van der Waals surface area contributed by atoms with E-state index >= 15 is 0 Å². The monoisotopic (exact) mass is 308 g/mol. The standard InChI is InChI=1S/C17H28N2O3/c18-16(21)17(22)7-9-19(10-8-17)15(20)14-6-5-12-3-1-2-4-13(12)11-14/h12-14,22H,1-11H2,(H2,18,21)/t12-,13+,14-/m1/s1. The molecule has 1 aliphatic heterocycles. The number of hydrogen-bond donors (Lipinski definition) is 2. The summed E-state index contributed by atoms with van der Waals surface area (Å²) in [7, 11) is 0. The lowest BCUT2D eigenvalue weighted by atomic mass is 9.67. The number of hydrogen-bond acceptors (Lipinski definition) is 3. The summed E-state index contributed by atoms with van der Waals surface area (Å²) in [5.74, 6) is 1.31. The van der Waals surface area contributed by atoms with Crippen LogP contribution in [-0.2, 0) is 9.59 Å². The van der Waals surface area contributed by atoms with Gasteiger partial charge in [0.2, 0.25) is 11.8 Å². The minimum atomic E-state index is -1.42. The third kappa shape index (κ3) is 3.00. The van der Waals surface area contributed by atoms with Gasteiger partial charge in [0, 0.05) is 31.8 Å². The minimum Gasteiger partial charge on any atom is -0.380 e. The van der Waals surface area contributed by atoms with Crippen LogP contribution in [0.2, 0.25) is 0 Å². The summed E-state index contributed by atoms with van der Waals surface area (Å²) in [6.07, 6.45) is 9.10. The van der Waals surface area contributed by atoms with Crippen LogP contribution in [0.15, 0.2) is 0 Å². The zero-order valence-corrected chi connectivity index (χ0v) is 13.3. The van der Waals surface area contributed by atoms with E-state index in [9.17, 15) is 14.7 Å². The van der Waals surface area contributed by atoms with E-state index < -0.39 is 11.5 Å². The number of rotatable bonds is 2. The van der Waals surface area contributed by atoms with E-state index in [1.54, 1.807) is 0 Å². The van der Waals surface area contributed by atoms with Crippen LogP contribution in [0.25, 0.3) is 0 Å². The van der Waals surface area contributed by atoms with Gasteiger partial charge in [0.05, 0.1) is 0 Å². The summed E-state index contributed by atoms with van der Waals surface area (Å²) in [6, 6.07) is 0. The molecule has 0 aromatic carbocycles. The molecule has 0 radical (unpaired) electrons. The van der Waals surface area contributed by atoms with Gasteiger partial charge >= 0.3 is 0 Å². The van der Waals surface area contributed by atoms with Gasteiger partial charge in [-0.15, -0.1) is 0 Å². The molecule has 0 bridgehead atoms. The van der Waals surface area contributed by atoms with E-state index in [-0.39, 0.29) is 24.7 Å². The smallest absolute Gasteiger partial charge is 0.249 e. The lowest BCUT2D eigenvalue weighted by Gasteiger charge is -2.42. The van der Waals surface area contributed by atoms with Crippen LogP contribution < -0.4 is 5.73 Å². The molecule has 2 aliphatic carbocycles. The minimum absolute atomic E-state index is 0.152. The largest absolute Gasteiger partial charge is 0.380 e. The van der Waals surface area contributed by atoms with E-state index in [0.29, 0.717) is 13.1 Å². The first kappa shape index (κ1) is 15.8. The molecule has 5 nitrogen and oxygen atoms in total. The summed E-state index contributed by atoms with van der Waals surface area (Å²) in [4.78, 5) is 25.9. The van der Waals surface area contributed by atoms with E-state index in [1.165, 1.54) is 32.1 Å². The number of amides is 2. The summed E-state index contributed by atoms with van der Waals surface area (Å²) >= 11 is 0. The van der Waals surface area contributed by atoms with Crippen LogP contribution in [0.4, 0.5) is 0 Å². The highest BCUT2D eigenvalue weighted by Crippen LogP contribution is 2.43. The maximum Gasteiger partial charge on any atom is 0.249 e. The third-order valence-electron chi connectivity index (χ3n) is 6.25. The molecule has 3 atom stereocenters. The van der Waals surface area contributed by atoms with Gasteiger partial charge in [0.15, 0.2) is 0 Å². The van der Waals surface area contributed by atoms with Gasteiger partial charge in [-0.2, -0.15) is 0 Å². The first-order valence-corrected chi connectivity index (χ1v) is 8.81. The SMILES string of the molecule is NC(=O)C1(O)CCN(C(=O)[C@@H]2CC[C@H]3CCCC[C@H]3C2)CC1. The molecule has 3 fully saturated rings. The van der Waals surface area contributed by atoms with Gasteiger partial charge in [0.25, 0.3) is 0 Å². The second kappa shape index (κ2) is 6.19. The van der Waals surface area contributed by atoms with E-state index in [2.05, 4.69) is 0 Å². The quantitative estimate of drug-likeness (QED) is 0.809. The van der Waals surface area contributed by atoms with Crippen molar-refractivity contribution in [1.29, 1.82) is 0 Å². The Morgan fingerprint density at radius 3 is 2.27 bits per heavy atom. The van der Waals surface area contributed by atoms with Crippen LogP contribution in [0, 0.1) is 17.8 Å². The van der Waals surface area contributed by atoms with Crippen molar-refractivity contribution in [2.75, 3.05) is 13.1 Å². The molecular weight excluding hydrogens is 280 g/mol. The number of carbonyl (C=O) groups is 2. The van der Waals surface area contributed by atoms with Gasteiger partial charge in [-0.25, -0.2) is 0 Å². The Morgan fingerprint density at radius 1 is 1.00 bits per heavy atom. The van der Waals surface area contributed by atoms with Gasteiger partial charge in [0.1, 0.15) is 5.60 Å². The highest BCUT2D eigenvalue weighted by molar-refractivity contribution is 5.84. The first-order chi connectivity index (χ1) is 10.5. The number of likely N-dealkylation sites (tertiary alicyclic amines) is 1. The molecular formula is C17H28N2O3. The molecule has 0 unspecified atom stereocenters. The fraction of sp³-hybridized carbons (Fsp3) is 0.882. The molecule has 5 heteroatoms. The van der Waals surface area contributed by atoms with Crippen molar-refractivity contribution in [3.05, 3.63) is 0 Å². The van der Waals surface area contributed by atoms with Crippen molar-refractivity contribution in [1.82, 2.24) is 4.90 Å². The van der Waals surface area contributed by atoms with Crippen molar-refractivity contribution >= 4 is 11.8 Å². The van der Waals surface area contributed by atoms with Gasteiger partial charge in [-0.05, 0) is 31.1 Å². The molecule has 3 N–H and O–H groups in total. The molecule has 3 aliphatic rings. The zero-order valence-electron chi connectivity index (χ0n) is 13.3. The molecule has 1 heterocycles. The van der Waals surface area contributed by atoms with Crippen LogP contribution in [0.5, 0.6) is 0 Å². The summed E-state index contributed by atoms with van der Waals surface area (Å²) in [5.41, 5.74) is 3.83. The summed E-state index contributed by atoms with van der Waals surface area (Å²) < 4.78 is 0. The van der Waals surface area contributed by atoms with Gasteiger partial charge in [-0.1, -0.05) is 25.7 Å². The topological polar surface area (TPSA) is 83.6 Å². The summed E-state index contributed by atoms with van der Waals surface area (Å²) in [6.45, 7) is 0.895. The molecule has 0 aromatic heterocycles. The van der Waals surface area contributed by atoms with Gasteiger partial charge < -0.3 is 15.7 Å². The molecule has 2 saturated carbocycles. The Bertz CT molecular complexity index is 443. The molecule has 22 heavy (non-hydrogen) atoms. The Morgan fingerprint density at radius 2 is 1.64 bits per heavy atom. The normalized spacial score (nSPS) is 34.8. The number of nitrogens with zero attached hydrogens (tertiary/aromatic N) is 1. The Hall–Kier alpha value is -1.10. The Labute approximate surface area is 132 Å². The number of fused-ring (bicyclic) bond motifs is 1. The first-order valence-electron chi connectivity index (χ1n) is 8.81. The number of piperidine rings is 1. The second-order valence-corrected chi connectivity index (χ2v) is 7.54. The van der Waals surface area contributed by atoms with Gasteiger partial charge in [-0.3, -0.25) is 9.59 Å². The maximum atomic E-state index is 12.7. The average Bonchev–Trinajstić information content (AvgIpc) is 2.54. The van der Waals surface area contributed by atoms with Crippen molar-refractivity contribution in [2.45, 2.75) is 63.4 Å². The Balaban J connectivity index is 1.55. The summed E-state index contributed by atoms with van der Waals surface area (Å²) in [5, 5.41) is 10.1. The fourth-order valence-electron chi connectivity index (χ4n) is 4.70. The zero-order chi connectivity index (χ0) is 15.7. The lowest BCUT2D eigenvalue weighted by molar-refractivity contribution is -0.149. The predicted molar refractivity (Wildman–Crippen MR) is 82.7 cm³/mol. The van der Waals surface area contributed by atoms with E-state index in [1.807, 2.05) is 4.90 Å². The lowest BCUT2D eigenvalue weighted by Crippen LogP contribution is -2.54. The molecule has 3 rings (SSSR count). The number of aliphatic hydroxyl groups is 1. The molecule has 0 aromatic rings. The Kier molecular flexibility index (Phi) is 4.44. The van der Waals surface area contributed by atoms with Crippen LogP contribution in [0.3, 0.4) is 0 Å². The molecule has 2 amide bonds. The molecule has 0 spiro atoms. The number of carbonyl (C=O) groups excluding carboxylic acids is 2. The number of primary amides is 1. The maximum absolute atomic E-state index is 12.7. The molecule has 1 saturated heterocycles. The van der Waals surface area contributed by atoms with Crippen molar-refractivity contribution in [3.63, 3.8) is 0 Å². The highest BCUT2D eigenvalue weighted by atomic mass is 16.3. The number of nitrogens with two attached hydrogens (primary N) is 1. The second-order valence-electron chi connectivity index (χ2n) is 7.54. The van der Waals surface area contributed by atoms with Crippen LogP contribution in [0.1, 0.15) is 57.8 Å². The highest BCUT2D eigenvalue weighted by Gasteiger charge is 2.41. The van der Waals surface area contributed by atoms with Crippen LogP contribution >= 0.6 is 0 Å². The molecule has 124 valence electrons. The van der Waals surface area contributed by atoms with E-state index in [0.717, 1.165) is 24.7 Å². The third-order valence-corrected chi connectivity index (χ3v) is 6.25. The van der Waals surface area contributed by atoms with Crippen LogP contribution in [-0.4, -0.2) is 40.5 Å². The average molecular weight is 308 g/mol.